The van der Waals surface area contributed by atoms with Gasteiger partial charge in [0.25, 0.3) is 0 Å². The second-order valence-corrected chi connectivity index (χ2v) is 7.30. The normalized spacial score (nSPS) is 10.8. The predicted octanol–water partition coefficient (Wildman–Crippen LogP) is 6.43. The number of hydrogen-bond donors (Lipinski definition) is 2. The van der Waals surface area contributed by atoms with Gasteiger partial charge in [-0.3, -0.25) is 10.1 Å². The van der Waals surface area contributed by atoms with Crippen molar-refractivity contribution in [2.45, 2.75) is 0 Å². The highest BCUT2D eigenvalue weighted by molar-refractivity contribution is 7.80. The maximum atomic E-state index is 12.0. The largest absolute Gasteiger partial charge is 0.457 e. The van der Waals surface area contributed by atoms with Crippen molar-refractivity contribution in [3.8, 4) is 11.3 Å². The summed E-state index contributed by atoms with van der Waals surface area (Å²) >= 11 is 23.0. The van der Waals surface area contributed by atoms with E-state index in [1.165, 1.54) is 12.2 Å². The third-order valence-electron chi connectivity index (χ3n) is 3.56. The van der Waals surface area contributed by atoms with Gasteiger partial charge in [0, 0.05) is 27.4 Å². The highest BCUT2D eigenvalue weighted by Gasteiger charge is 2.09. The van der Waals surface area contributed by atoms with E-state index in [9.17, 15) is 4.79 Å². The van der Waals surface area contributed by atoms with Gasteiger partial charge >= 0.3 is 0 Å². The average Bonchev–Trinajstić information content (AvgIpc) is 3.10. The Morgan fingerprint density at radius 1 is 0.964 bits per heavy atom. The molecule has 28 heavy (non-hydrogen) atoms. The lowest BCUT2D eigenvalue weighted by atomic mass is 10.2. The summed E-state index contributed by atoms with van der Waals surface area (Å²) in [7, 11) is 0. The van der Waals surface area contributed by atoms with Crippen LogP contribution in [0.1, 0.15) is 5.76 Å². The maximum Gasteiger partial charge on any atom is 0.250 e. The number of rotatable bonds is 4. The summed E-state index contributed by atoms with van der Waals surface area (Å²) in [6.45, 7) is 0. The van der Waals surface area contributed by atoms with Crippen molar-refractivity contribution in [1.29, 1.82) is 0 Å². The maximum absolute atomic E-state index is 12.0. The van der Waals surface area contributed by atoms with E-state index >= 15 is 0 Å². The van der Waals surface area contributed by atoms with Crippen molar-refractivity contribution in [2.24, 2.45) is 0 Å². The van der Waals surface area contributed by atoms with Gasteiger partial charge in [-0.25, -0.2) is 0 Å². The van der Waals surface area contributed by atoms with Crippen LogP contribution in [0.4, 0.5) is 5.69 Å². The number of furan rings is 1. The molecule has 0 aliphatic rings. The topological polar surface area (TPSA) is 54.3 Å². The van der Waals surface area contributed by atoms with Gasteiger partial charge in [-0.15, -0.1) is 0 Å². The standard InChI is InChI=1S/C20H13Cl3N2O2S/c21-12-1-4-14(5-2-12)24-20(28)25-19(26)10-7-15-6-9-18(27-15)16-8-3-13(22)11-17(16)23/h1-11H,(H2,24,25,26,28)/b10-7+. The van der Waals surface area contributed by atoms with Crippen LogP contribution in [0, 0.1) is 0 Å². The van der Waals surface area contributed by atoms with Crippen molar-refractivity contribution in [3.05, 3.63) is 81.5 Å². The first-order valence-corrected chi connectivity index (χ1v) is 9.56. The molecular weight excluding hydrogens is 439 g/mol. The summed E-state index contributed by atoms with van der Waals surface area (Å²) < 4.78 is 5.70. The molecule has 0 spiro atoms. The number of carbonyl (C=O) groups excluding carboxylic acids is 1. The average molecular weight is 452 g/mol. The Labute approximate surface area is 182 Å². The molecule has 2 aromatic carbocycles. The molecule has 1 heterocycles. The van der Waals surface area contributed by atoms with Crippen molar-refractivity contribution in [1.82, 2.24) is 5.32 Å². The SMILES string of the molecule is O=C(/C=C/c1ccc(-c2ccc(Cl)cc2Cl)o1)NC(=S)Nc1ccc(Cl)cc1. The minimum atomic E-state index is -0.395. The number of anilines is 1. The second kappa shape index (κ2) is 9.26. The Morgan fingerprint density at radius 2 is 1.68 bits per heavy atom. The molecule has 0 atom stereocenters. The summed E-state index contributed by atoms with van der Waals surface area (Å²) in [5.74, 6) is 0.670. The summed E-state index contributed by atoms with van der Waals surface area (Å²) in [5, 5.41) is 7.25. The Hall–Kier alpha value is -2.31. The Balaban J connectivity index is 1.59. The molecule has 8 heteroatoms. The van der Waals surface area contributed by atoms with Crippen LogP contribution in [0.5, 0.6) is 0 Å². The van der Waals surface area contributed by atoms with E-state index in [-0.39, 0.29) is 5.11 Å². The van der Waals surface area contributed by atoms with E-state index in [1.54, 1.807) is 54.6 Å². The molecule has 0 fully saturated rings. The number of hydrogen-bond acceptors (Lipinski definition) is 3. The van der Waals surface area contributed by atoms with E-state index < -0.39 is 5.91 Å². The molecule has 0 aliphatic carbocycles. The first-order valence-electron chi connectivity index (χ1n) is 8.01. The van der Waals surface area contributed by atoms with Crippen LogP contribution in [-0.4, -0.2) is 11.0 Å². The first kappa shape index (κ1) is 20.4. The quantitative estimate of drug-likeness (QED) is 0.354. The van der Waals surface area contributed by atoms with Crippen molar-refractivity contribution in [2.75, 3.05) is 5.32 Å². The molecule has 0 aliphatic heterocycles. The van der Waals surface area contributed by atoms with Crippen LogP contribution in [0.25, 0.3) is 17.4 Å². The van der Waals surface area contributed by atoms with Gasteiger partial charge in [0.05, 0.1) is 5.02 Å². The molecule has 3 aromatic rings. The van der Waals surface area contributed by atoms with Crippen LogP contribution in [0.15, 0.2) is 65.1 Å². The van der Waals surface area contributed by atoms with Crippen molar-refractivity contribution < 1.29 is 9.21 Å². The lowest BCUT2D eigenvalue weighted by molar-refractivity contribution is -0.115. The summed E-state index contributed by atoms with van der Waals surface area (Å²) in [6.07, 6.45) is 2.86. The summed E-state index contributed by atoms with van der Waals surface area (Å²) in [5.41, 5.74) is 1.43. The van der Waals surface area contributed by atoms with Crippen molar-refractivity contribution >= 4 is 69.8 Å². The molecule has 4 nitrogen and oxygen atoms in total. The summed E-state index contributed by atoms with van der Waals surface area (Å²) in [6, 6.07) is 15.6. The number of benzene rings is 2. The fourth-order valence-electron chi connectivity index (χ4n) is 2.28. The first-order chi connectivity index (χ1) is 13.4. The molecule has 0 radical (unpaired) electrons. The third kappa shape index (κ3) is 5.59. The fourth-order valence-corrected chi connectivity index (χ4v) is 3.13. The smallest absolute Gasteiger partial charge is 0.250 e. The monoisotopic (exact) mass is 450 g/mol. The molecular formula is C20H13Cl3N2O2S. The molecule has 142 valence electrons. The van der Waals surface area contributed by atoms with E-state index in [2.05, 4.69) is 10.6 Å². The van der Waals surface area contributed by atoms with Crippen LogP contribution < -0.4 is 10.6 Å². The van der Waals surface area contributed by atoms with E-state index in [0.717, 1.165) is 0 Å². The molecule has 3 rings (SSSR count). The van der Waals surface area contributed by atoms with E-state index in [1.807, 2.05) is 0 Å². The molecule has 0 unspecified atom stereocenters. The van der Waals surface area contributed by atoms with Crippen molar-refractivity contribution in [3.63, 3.8) is 0 Å². The highest BCUT2D eigenvalue weighted by atomic mass is 35.5. The molecule has 0 saturated carbocycles. The van der Waals surface area contributed by atoms with Gasteiger partial charge in [0.1, 0.15) is 11.5 Å². The molecule has 0 saturated heterocycles. The lowest BCUT2D eigenvalue weighted by Crippen LogP contribution is -2.32. The number of halogens is 3. The van der Waals surface area contributed by atoms with Crippen LogP contribution in [0.2, 0.25) is 15.1 Å². The lowest BCUT2D eigenvalue weighted by Gasteiger charge is -2.07. The Kier molecular flexibility index (Phi) is 6.75. The van der Waals surface area contributed by atoms with Gasteiger partial charge in [-0.05, 0) is 72.9 Å². The minimum Gasteiger partial charge on any atom is -0.457 e. The number of thiocarbonyl (C=S) groups is 1. The van der Waals surface area contributed by atoms with E-state index in [0.29, 0.717) is 37.8 Å². The van der Waals surface area contributed by atoms with Gasteiger partial charge in [0.2, 0.25) is 5.91 Å². The Morgan fingerprint density at radius 3 is 2.39 bits per heavy atom. The number of amides is 1. The van der Waals surface area contributed by atoms with Gasteiger partial charge in [-0.2, -0.15) is 0 Å². The molecule has 2 N–H and O–H groups in total. The minimum absolute atomic E-state index is 0.171. The zero-order valence-corrected chi connectivity index (χ0v) is 17.3. The second-order valence-electron chi connectivity index (χ2n) is 5.61. The van der Waals surface area contributed by atoms with E-state index in [4.69, 9.17) is 51.4 Å². The zero-order valence-electron chi connectivity index (χ0n) is 14.2. The fraction of sp³-hybridized carbons (Fsp3) is 0. The molecule has 0 bridgehead atoms. The zero-order chi connectivity index (χ0) is 20.1. The molecule has 1 amide bonds. The number of carbonyl (C=O) groups is 1. The van der Waals surface area contributed by atoms with Crippen LogP contribution in [-0.2, 0) is 4.79 Å². The van der Waals surface area contributed by atoms with Gasteiger partial charge in [-0.1, -0.05) is 34.8 Å². The third-order valence-corrected chi connectivity index (χ3v) is 4.57. The number of nitrogens with one attached hydrogen (secondary N) is 2. The van der Waals surface area contributed by atoms with Gasteiger partial charge in [0.15, 0.2) is 5.11 Å². The summed E-state index contributed by atoms with van der Waals surface area (Å²) in [4.78, 5) is 12.0. The van der Waals surface area contributed by atoms with Crippen LogP contribution >= 0.6 is 47.0 Å². The predicted molar refractivity (Wildman–Crippen MR) is 119 cm³/mol. The highest BCUT2D eigenvalue weighted by Crippen LogP contribution is 2.31. The van der Waals surface area contributed by atoms with Crippen LogP contribution in [0.3, 0.4) is 0 Å². The molecule has 1 aromatic heterocycles. The Bertz CT molecular complexity index is 1050. The van der Waals surface area contributed by atoms with Gasteiger partial charge < -0.3 is 9.73 Å².